The fraction of sp³-hybridized carbons (Fsp3) is 0.650. The van der Waals surface area contributed by atoms with E-state index < -0.39 is 0 Å². The summed E-state index contributed by atoms with van der Waals surface area (Å²) >= 11 is 0. The van der Waals surface area contributed by atoms with Gasteiger partial charge in [-0.25, -0.2) is 4.79 Å². The highest BCUT2D eigenvalue weighted by Gasteiger charge is 2.28. The van der Waals surface area contributed by atoms with Gasteiger partial charge >= 0.3 is 6.03 Å². The third-order valence-corrected chi connectivity index (χ3v) is 4.96. The lowest BCUT2D eigenvalue weighted by Crippen LogP contribution is -2.50. The average molecular weight is 364 g/mol. The summed E-state index contributed by atoms with van der Waals surface area (Å²) in [5.74, 6) is 1.72. The van der Waals surface area contributed by atoms with Crippen molar-refractivity contribution in [3.63, 3.8) is 0 Å². The number of benzene rings is 1. The number of methoxy groups -OCH3 is 2. The zero-order valence-electron chi connectivity index (χ0n) is 16.6. The predicted molar refractivity (Wildman–Crippen MR) is 104 cm³/mol. The smallest absolute Gasteiger partial charge is 0.317 e. The third-order valence-electron chi connectivity index (χ3n) is 4.96. The summed E-state index contributed by atoms with van der Waals surface area (Å²) in [5.41, 5.74) is 1.09. The van der Waals surface area contributed by atoms with E-state index in [0.29, 0.717) is 12.6 Å². The molecular weight excluding hydrogens is 330 g/mol. The van der Waals surface area contributed by atoms with Crippen molar-refractivity contribution in [3.8, 4) is 11.5 Å². The van der Waals surface area contributed by atoms with Crippen LogP contribution in [0.1, 0.15) is 38.7 Å². The second-order valence-electron chi connectivity index (χ2n) is 6.68. The molecule has 26 heavy (non-hydrogen) atoms. The molecular formula is C20H33N3O3. The summed E-state index contributed by atoms with van der Waals surface area (Å²) in [4.78, 5) is 16.8. The molecule has 0 spiro atoms. The lowest BCUT2D eigenvalue weighted by molar-refractivity contribution is 0.116. The summed E-state index contributed by atoms with van der Waals surface area (Å²) < 4.78 is 11.0. The van der Waals surface area contributed by atoms with Crippen LogP contribution in [0.2, 0.25) is 0 Å². The molecule has 6 nitrogen and oxygen atoms in total. The molecule has 0 aliphatic carbocycles. The van der Waals surface area contributed by atoms with E-state index in [2.05, 4.69) is 17.1 Å². The first-order valence-electron chi connectivity index (χ1n) is 9.61. The van der Waals surface area contributed by atoms with Gasteiger partial charge in [-0.15, -0.1) is 0 Å². The van der Waals surface area contributed by atoms with Crippen molar-refractivity contribution in [1.29, 1.82) is 0 Å². The molecule has 0 saturated carbocycles. The maximum atomic E-state index is 12.3. The Balaban J connectivity index is 1.99. The van der Waals surface area contributed by atoms with Gasteiger partial charge in [0, 0.05) is 38.8 Å². The van der Waals surface area contributed by atoms with E-state index in [0.717, 1.165) is 62.5 Å². The van der Waals surface area contributed by atoms with Crippen LogP contribution in [0, 0.1) is 0 Å². The van der Waals surface area contributed by atoms with Crippen LogP contribution in [-0.4, -0.2) is 62.3 Å². The highest BCUT2D eigenvalue weighted by molar-refractivity contribution is 5.74. The second-order valence-corrected chi connectivity index (χ2v) is 6.68. The first-order chi connectivity index (χ1) is 12.6. The molecule has 2 amide bonds. The molecule has 2 rings (SSSR count). The Bertz CT molecular complexity index is 549. The first-order valence-corrected chi connectivity index (χ1v) is 9.61. The zero-order chi connectivity index (χ0) is 18.9. The molecule has 0 atom stereocenters. The van der Waals surface area contributed by atoms with Crippen LogP contribution in [0.5, 0.6) is 11.5 Å². The molecule has 1 aromatic carbocycles. The van der Waals surface area contributed by atoms with E-state index in [1.807, 2.05) is 30.0 Å². The number of rotatable bonds is 8. The molecule has 146 valence electrons. The Morgan fingerprint density at radius 3 is 2.31 bits per heavy atom. The minimum atomic E-state index is 0.0687. The van der Waals surface area contributed by atoms with Crippen LogP contribution in [0.4, 0.5) is 4.79 Å². The predicted octanol–water partition coefficient (Wildman–Crippen LogP) is 3.11. The number of nitrogens with one attached hydrogen (secondary N) is 1. The monoisotopic (exact) mass is 363 g/mol. The van der Waals surface area contributed by atoms with Gasteiger partial charge in [-0.2, -0.15) is 0 Å². The molecule has 0 aromatic heterocycles. The number of piperidine rings is 1. The van der Waals surface area contributed by atoms with Gasteiger partial charge in [-0.3, -0.25) is 4.90 Å². The van der Waals surface area contributed by atoms with Gasteiger partial charge in [0.1, 0.15) is 11.5 Å². The Labute approximate surface area is 157 Å². The molecule has 1 aromatic rings. The van der Waals surface area contributed by atoms with E-state index in [4.69, 9.17) is 9.47 Å². The van der Waals surface area contributed by atoms with Crippen molar-refractivity contribution < 1.29 is 14.3 Å². The molecule has 1 aliphatic rings. The molecule has 0 unspecified atom stereocenters. The van der Waals surface area contributed by atoms with Crippen LogP contribution in [0.15, 0.2) is 18.2 Å². The summed E-state index contributed by atoms with van der Waals surface area (Å²) in [6, 6.07) is 6.28. The average Bonchev–Trinajstić information content (AvgIpc) is 2.67. The van der Waals surface area contributed by atoms with Crippen molar-refractivity contribution in [2.45, 2.75) is 45.7 Å². The molecule has 1 saturated heterocycles. The van der Waals surface area contributed by atoms with Crippen LogP contribution in [-0.2, 0) is 6.54 Å². The number of hydrogen-bond donors (Lipinski definition) is 1. The lowest BCUT2D eigenvalue weighted by Gasteiger charge is -2.38. The van der Waals surface area contributed by atoms with Crippen molar-refractivity contribution in [2.75, 3.05) is 40.4 Å². The number of urea groups is 1. The van der Waals surface area contributed by atoms with Gasteiger partial charge in [0.05, 0.1) is 19.8 Å². The molecule has 1 N–H and O–H groups in total. The van der Waals surface area contributed by atoms with Crippen molar-refractivity contribution in [2.24, 2.45) is 0 Å². The van der Waals surface area contributed by atoms with Crippen LogP contribution in [0.25, 0.3) is 0 Å². The minimum absolute atomic E-state index is 0.0687. The first kappa shape index (κ1) is 20.4. The summed E-state index contributed by atoms with van der Waals surface area (Å²) in [5, 5.41) is 2.95. The van der Waals surface area contributed by atoms with Gasteiger partial charge in [0.25, 0.3) is 0 Å². The summed E-state index contributed by atoms with van der Waals surface area (Å²) in [7, 11) is 3.39. The Kier molecular flexibility index (Phi) is 8.04. The van der Waals surface area contributed by atoms with Crippen molar-refractivity contribution in [1.82, 2.24) is 15.1 Å². The van der Waals surface area contributed by atoms with E-state index in [9.17, 15) is 4.79 Å². The summed E-state index contributed by atoms with van der Waals surface area (Å²) in [6.45, 7) is 8.30. The number of ether oxygens (including phenoxy) is 2. The largest absolute Gasteiger partial charge is 0.496 e. The van der Waals surface area contributed by atoms with Crippen molar-refractivity contribution in [3.05, 3.63) is 23.8 Å². The van der Waals surface area contributed by atoms with E-state index in [1.165, 1.54) is 0 Å². The minimum Gasteiger partial charge on any atom is -0.496 e. The number of nitrogens with zero attached hydrogens (tertiary/aromatic N) is 2. The van der Waals surface area contributed by atoms with Crippen molar-refractivity contribution >= 4 is 6.03 Å². The van der Waals surface area contributed by atoms with Gasteiger partial charge < -0.3 is 19.7 Å². The van der Waals surface area contributed by atoms with Gasteiger partial charge in [-0.05, 0) is 38.3 Å². The maximum absolute atomic E-state index is 12.3. The quantitative estimate of drug-likeness (QED) is 0.771. The van der Waals surface area contributed by atoms with Crippen LogP contribution < -0.4 is 14.8 Å². The molecule has 1 heterocycles. The zero-order valence-corrected chi connectivity index (χ0v) is 16.6. The number of carbonyl (C=O) groups is 1. The fourth-order valence-electron chi connectivity index (χ4n) is 3.64. The number of likely N-dealkylation sites (tertiary alicyclic amines) is 1. The molecule has 1 aliphatic heterocycles. The highest BCUT2D eigenvalue weighted by Crippen LogP contribution is 2.30. The standard InChI is InChI=1S/C20H33N3O3/c1-5-12-23(20(24)21-6-2)16-10-13-22(14-11-16)15-17-18(25-3)8-7-9-19(17)26-4/h7-9,16H,5-6,10-15H2,1-4H3,(H,21,24). The second kappa shape index (κ2) is 10.3. The molecule has 0 radical (unpaired) electrons. The maximum Gasteiger partial charge on any atom is 0.317 e. The van der Waals surface area contributed by atoms with Gasteiger partial charge in [0.15, 0.2) is 0 Å². The Morgan fingerprint density at radius 2 is 1.81 bits per heavy atom. The number of hydrogen-bond acceptors (Lipinski definition) is 4. The molecule has 6 heteroatoms. The fourth-order valence-corrected chi connectivity index (χ4v) is 3.64. The van der Waals surface area contributed by atoms with E-state index in [-0.39, 0.29) is 6.03 Å². The lowest BCUT2D eigenvalue weighted by atomic mass is 10.0. The van der Waals surface area contributed by atoms with Gasteiger partial charge in [0.2, 0.25) is 0 Å². The highest BCUT2D eigenvalue weighted by atomic mass is 16.5. The third kappa shape index (κ3) is 5.04. The topological polar surface area (TPSA) is 54.0 Å². The van der Waals surface area contributed by atoms with E-state index in [1.54, 1.807) is 14.2 Å². The number of amides is 2. The normalized spacial score (nSPS) is 15.5. The van der Waals surface area contributed by atoms with Crippen LogP contribution >= 0.6 is 0 Å². The van der Waals surface area contributed by atoms with Crippen LogP contribution in [0.3, 0.4) is 0 Å². The molecule has 1 fully saturated rings. The summed E-state index contributed by atoms with van der Waals surface area (Å²) in [6.07, 6.45) is 2.97. The molecule has 0 bridgehead atoms. The van der Waals surface area contributed by atoms with E-state index >= 15 is 0 Å². The SMILES string of the molecule is CCCN(C(=O)NCC)C1CCN(Cc2c(OC)cccc2OC)CC1. The van der Waals surface area contributed by atoms with Gasteiger partial charge in [-0.1, -0.05) is 13.0 Å². The Morgan fingerprint density at radius 1 is 1.19 bits per heavy atom. The number of carbonyl (C=O) groups excluding carboxylic acids is 1. The Hall–Kier alpha value is -1.95.